The number of aromatic carboxylic acids is 1. The van der Waals surface area contributed by atoms with Gasteiger partial charge in [-0.25, -0.2) is 4.79 Å². The van der Waals surface area contributed by atoms with Crippen LogP contribution >= 0.6 is 0 Å². The summed E-state index contributed by atoms with van der Waals surface area (Å²) in [7, 11) is 0. The van der Waals surface area contributed by atoms with E-state index in [1.807, 2.05) is 0 Å². The number of ether oxygens (including phenoxy) is 1. The van der Waals surface area contributed by atoms with Gasteiger partial charge in [0.2, 0.25) is 0 Å². The molecule has 0 unspecified atom stereocenters. The zero-order valence-electron chi connectivity index (χ0n) is 8.02. The molecule has 0 aliphatic heterocycles. The predicted octanol–water partition coefficient (Wildman–Crippen LogP) is 1.36. The molecule has 2 N–H and O–H groups in total. The van der Waals surface area contributed by atoms with Crippen molar-refractivity contribution in [2.24, 2.45) is 0 Å². The number of phenols is 1. The Morgan fingerprint density at radius 3 is 2.73 bits per heavy atom. The highest BCUT2D eigenvalue weighted by molar-refractivity contribution is 5.92. The average Bonchev–Trinajstić information content (AvgIpc) is 2.21. The van der Waals surface area contributed by atoms with Crippen LogP contribution in [-0.4, -0.2) is 22.8 Å². The van der Waals surface area contributed by atoms with E-state index in [-0.39, 0.29) is 23.5 Å². The maximum Gasteiger partial charge on any atom is 0.339 e. The molecule has 15 heavy (non-hydrogen) atoms. The molecule has 0 radical (unpaired) electrons. The highest BCUT2D eigenvalue weighted by Gasteiger charge is 2.16. The van der Waals surface area contributed by atoms with Gasteiger partial charge in [-0.2, -0.15) is 5.26 Å². The van der Waals surface area contributed by atoms with Crippen molar-refractivity contribution < 1.29 is 19.7 Å². The number of hydrogen-bond acceptors (Lipinski definition) is 4. The number of nitriles is 1. The minimum atomic E-state index is -1.30. The molecule has 5 heteroatoms. The zero-order chi connectivity index (χ0) is 11.4. The standard InChI is InChI=1S/C10H9NO4/c1-2-15-8-4-6(5-11)3-7(9(8)12)10(13)14/h3-4,12H,2H2,1H3,(H,13,14). The number of carbonyl (C=O) groups is 1. The van der Waals surface area contributed by atoms with E-state index in [4.69, 9.17) is 15.1 Å². The zero-order valence-corrected chi connectivity index (χ0v) is 8.02. The lowest BCUT2D eigenvalue weighted by molar-refractivity contribution is 0.0693. The van der Waals surface area contributed by atoms with E-state index < -0.39 is 11.7 Å². The van der Waals surface area contributed by atoms with E-state index in [2.05, 4.69) is 0 Å². The third-order valence-electron chi connectivity index (χ3n) is 1.73. The summed E-state index contributed by atoms with van der Waals surface area (Å²) in [5.41, 5.74) is -0.203. The molecular formula is C10H9NO4. The first-order valence-corrected chi connectivity index (χ1v) is 4.23. The second-order valence-electron chi connectivity index (χ2n) is 2.72. The lowest BCUT2D eigenvalue weighted by Crippen LogP contribution is -2.01. The van der Waals surface area contributed by atoms with Crippen molar-refractivity contribution in [3.05, 3.63) is 23.3 Å². The summed E-state index contributed by atoms with van der Waals surface area (Å²) in [5.74, 6) is -1.75. The van der Waals surface area contributed by atoms with Crippen LogP contribution in [-0.2, 0) is 0 Å². The van der Waals surface area contributed by atoms with E-state index in [9.17, 15) is 9.90 Å². The Balaban J connectivity index is 3.35. The normalized spacial score (nSPS) is 9.33. The Labute approximate surface area is 86.1 Å². The Kier molecular flexibility index (Phi) is 3.13. The maximum atomic E-state index is 10.7. The topological polar surface area (TPSA) is 90.5 Å². The van der Waals surface area contributed by atoms with Crippen molar-refractivity contribution in [1.29, 1.82) is 5.26 Å². The summed E-state index contributed by atoms with van der Waals surface area (Å²) in [6.45, 7) is 1.97. The van der Waals surface area contributed by atoms with Crippen LogP contribution in [0.1, 0.15) is 22.8 Å². The predicted molar refractivity (Wildman–Crippen MR) is 51.0 cm³/mol. The Bertz CT molecular complexity index is 434. The average molecular weight is 207 g/mol. The van der Waals surface area contributed by atoms with Gasteiger partial charge in [-0.05, 0) is 13.0 Å². The van der Waals surface area contributed by atoms with Crippen LogP contribution in [0.25, 0.3) is 0 Å². The van der Waals surface area contributed by atoms with Crippen molar-refractivity contribution in [3.63, 3.8) is 0 Å². The molecule has 1 aromatic carbocycles. The summed E-state index contributed by atoms with van der Waals surface area (Å²) in [6.07, 6.45) is 0. The number of nitrogens with zero attached hydrogens (tertiary/aromatic N) is 1. The van der Waals surface area contributed by atoms with E-state index >= 15 is 0 Å². The molecule has 0 aromatic heterocycles. The molecule has 0 aliphatic carbocycles. The molecule has 0 bridgehead atoms. The number of rotatable bonds is 3. The lowest BCUT2D eigenvalue weighted by atomic mass is 10.1. The Hall–Kier alpha value is -2.22. The second kappa shape index (κ2) is 4.33. The Morgan fingerprint density at radius 2 is 2.27 bits per heavy atom. The van der Waals surface area contributed by atoms with Crippen LogP contribution < -0.4 is 4.74 Å². The fourth-order valence-electron chi connectivity index (χ4n) is 1.10. The first-order chi connectivity index (χ1) is 7.10. The van der Waals surface area contributed by atoms with E-state index in [1.54, 1.807) is 13.0 Å². The number of hydrogen-bond donors (Lipinski definition) is 2. The minimum Gasteiger partial charge on any atom is -0.504 e. The summed E-state index contributed by atoms with van der Waals surface area (Å²) >= 11 is 0. The van der Waals surface area contributed by atoms with Gasteiger partial charge < -0.3 is 14.9 Å². The minimum absolute atomic E-state index is 0.00829. The first kappa shape index (κ1) is 10.9. The molecule has 0 heterocycles. The van der Waals surface area contributed by atoms with Gasteiger partial charge in [-0.15, -0.1) is 0 Å². The van der Waals surface area contributed by atoms with Crippen molar-refractivity contribution in [1.82, 2.24) is 0 Å². The maximum absolute atomic E-state index is 10.7. The molecule has 0 atom stereocenters. The molecule has 78 valence electrons. The molecule has 0 saturated carbocycles. The monoisotopic (exact) mass is 207 g/mol. The quantitative estimate of drug-likeness (QED) is 0.780. The SMILES string of the molecule is CCOc1cc(C#N)cc(C(=O)O)c1O. The largest absolute Gasteiger partial charge is 0.504 e. The van der Waals surface area contributed by atoms with E-state index in [0.717, 1.165) is 6.07 Å². The molecule has 0 saturated heterocycles. The molecule has 5 nitrogen and oxygen atoms in total. The molecule has 0 fully saturated rings. The van der Waals surface area contributed by atoms with Gasteiger partial charge in [-0.3, -0.25) is 0 Å². The fourth-order valence-corrected chi connectivity index (χ4v) is 1.10. The number of carboxylic acid groups (broad SMARTS) is 1. The number of carboxylic acids is 1. The fraction of sp³-hybridized carbons (Fsp3) is 0.200. The third-order valence-corrected chi connectivity index (χ3v) is 1.73. The van der Waals surface area contributed by atoms with Crippen molar-refractivity contribution in [2.45, 2.75) is 6.92 Å². The molecular weight excluding hydrogens is 198 g/mol. The second-order valence-corrected chi connectivity index (χ2v) is 2.72. The van der Waals surface area contributed by atoms with Crippen molar-refractivity contribution in [3.8, 4) is 17.6 Å². The van der Waals surface area contributed by atoms with E-state index in [1.165, 1.54) is 6.07 Å². The highest BCUT2D eigenvalue weighted by Crippen LogP contribution is 2.31. The Morgan fingerprint density at radius 1 is 1.60 bits per heavy atom. The molecule has 0 amide bonds. The van der Waals surface area contributed by atoms with Crippen LogP contribution in [0.15, 0.2) is 12.1 Å². The van der Waals surface area contributed by atoms with Gasteiger partial charge in [0.05, 0.1) is 18.2 Å². The number of benzene rings is 1. The van der Waals surface area contributed by atoms with Gasteiger partial charge >= 0.3 is 5.97 Å². The van der Waals surface area contributed by atoms with Crippen LogP contribution in [0, 0.1) is 11.3 Å². The van der Waals surface area contributed by atoms with Gasteiger partial charge in [-0.1, -0.05) is 0 Å². The summed E-state index contributed by atoms with van der Waals surface area (Å²) < 4.78 is 5.01. The van der Waals surface area contributed by atoms with Crippen LogP contribution in [0.3, 0.4) is 0 Å². The van der Waals surface area contributed by atoms with Gasteiger partial charge in [0.15, 0.2) is 11.5 Å². The summed E-state index contributed by atoms with van der Waals surface area (Å²) in [6, 6.07) is 4.19. The van der Waals surface area contributed by atoms with Gasteiger partial charge in [0.25, 0.3) is 0 Å². The molecule has 1 aromatic rings. The van der Waals surface area contributed by atoms with Gasteiger partial charge in [0, 0.05) is 6.07 Å². The summed E-state index contributed by atoms with van der Waals surface area (Å²) in [4.78, 5) is 10.7. The third kappa shape index (κ3) is 2.17. The molecule has 1 rings (SSSR count). The summed E-state index contributed by atoms with van der Waals surface area (Å²) in [5, 5.41) is 26.9. The van der Waals surface area contributed by atoms with Crippen molar-refractivity contribution in [2.75, 3.05) is 6.61 Å². The van der Waals surface area contributed by atoms with E-state index in [0.29, 0.717) is 0 Å². The van der Waals surface area contributed by atoms with Crippen LogP contribution in [0.2, 0.25) is 0 Å². The smallest absolute Gasteiger partial charge is 0.339 e. The first-order valence-electron chi connectivity index (χ1n) is 4.23. The van der Waals surface area contributed by atoms with Gasteiger partial charge in [0.1, 0.15) is 5.56 Å². The van der Waals surface area contributed by atoms with Crippen LogP contribution in [0.5, 0.6) is 11.5 Å². The molecule has 0 aliphatic rings. The lowest BCUT2D eigenvalue weighted by Gasteiger charge is -2.08. The highest BCUT2D eigenvalue weighted by atomic mass is 16.5. The van der Waals surface area contributed by atoms with Crippen LogP contribution in [0.4, 0.5) is 0 Å². The van der Waals surface area contributed by atoms with Crippen molar-refractivity contribution >= 4 is 5.97 Å². The molecule has 0 spiro atoms. The number of aromatic hydroxyl groups is 1.